The molecule has 0 aliphatic heterocycles. The Bertz CT molecular complexity index is 397. The van der Waals surface area contributed by atoms with Crippen LogP contribution >= 0.6 is 0 Å². The molecule has 19 heavy (non-hydrogen) atoms. The lowest BCUT2D eigenvalue weighted by Gasteiger charge is -2.20. The summed E-state index contributed by atoms with van der Waals surface area (Å²) in [6.45, 7) is 0.657. The second-order valence-electron chi connectivity index (χ2n) is 5.90. The SMILES string of the molecule is COc1ccc(C(O)CNC(C2CC2)C2CC2)cc1. The third kappa shape index (κ3) is 3.28. The largest absolute Gasteiger partial charge is 0.497 e. The van der Waals surface area contributed by atoms with Gasteiger partial charge in [-0.3, -0.25) is 0 Å². The molecule has 0 spiro atoms. The molecule has 3 nitrogen and oxygen atoms in total. The first kappa shape index (κ1) is 12.9. The average Bonchev–Trinajstić information content (AvgIpc) is 3.31. The van der Waals surface area contributed by atoms with E-state index in [1.807, 2.05) is 24.3 Å². The summed E-state index contributed by atoms with van der Waals surface area (Å²) in [6.07, 6.45) is 5.05. The molecule has 104 valence electrons. The standard InChI is InChI=1S/C16H23NO2/c1-19-14-8-6-11(7-9-14)15(18)10-17-16(12-2-3-12)13-4-5-13/h6-9,12-13,15-18H,2-5,10H2,1H3. The van der Waals surface area contributed by atoms with E-state index in [-0.39, 0.29) is 0 Å². The Hall–Kier alpha value is -1.06. The number of hydrogen-bond acceptors (Lipinski definition) is 3. The molecule has 3 rings (SSSR count). The van der Waals surface area contributed by atoms with Gasteiger partial charge in [-0.1, -0.05) is 12.1 Å². The van der Waals surface area contributed by atoms with Crippen molar-refractivity contribution in [3.8, 4) is 5.75 Å². The van der Waals surface area contributed by atoms with Gasteiger partial charge in [-0.2, -0.15) is 0 Å². The van der Waals surface area contributed by atoms with Crippen molar-refractivity contribution in [2.45, 2.75) is 37.8 Å². The number of nitrogens with one attached hydrogen (secondary N) is 1. The highest BCUT2D eigenvalue weighted by atomic mass is 16.5. The third-order valence-corrected chi connectivity index (χ3v) is 4.31. The highest BCUT2D eigenvalue weighted by Crippen LogP contribution is 2.44. The molecule has 0 heterocycles. The first-order valence-corrected chi connectivity index (χ1v) is 7.33. The van der Waals surface area contributed by atoms with E-state index in [0.717, 1.165) is 23.1 Å². The maximum absolute atomic E-state index is 10.2. The molecular formula is C16H23NO2. The topological polar surface area (TPSA) is 41.5 Å². The van der Waals surface area contributed by atoms with Gasteiger partial charge in [0.2, 0.25) is 0 Å². The van der Waals surface area contributed by atoms with E-state index >= 15 is 0 Å². The summed E-state index contributed by atoms with van der Waals surface area (Å²) in [6, 6.07) is 8.33. The Kier molecular flexibility index (Phi) is 3.76. The van der Waals surface area contributed by atoms with Crippen LogP contribution < -0.4 is 10.1 Å². The van der Waals surface area contributed by atoms with E-state index in [9.17, 15) is 5.11 Å². The summed E-state index contributed by atoms with van der Waals surface area (Å²) in [5.41, 5.74) is 0.957. The number of hydrogen-bond donors (Lipinski definition) is 2. The normalized spacial score (nSPS) is 20.6. The number of aliphatic hydroxyl groups is 1. The maximum atomic E-state index is 10.2. The number of ether oxygens (including phenoxy) is 1. The van der Waals surface area contributed by atoms with Gasteiger partial charge in [0.05, 0.1) is 13.2 Å². The zero-order chi connectivity index (χ0) is 13.2. The van der Waals surface area contributed by atoms with E-state index in [0.29, 0.717) is 12.6 Å². The van der Waals surface area contributed by atoms with Crippen molar-refractivity contribution in [1.82, 2.24) is 5.32 Å². The molecule has 2 aliphatic carbocycles. The minimum Gasteiger partial charge on any atom is -0.497 e. The fraction of sp³-hybridized carbons (Fsp3) is 0.625. The predicted octanol–water partition coefficient (Wildman–Crippen LogP) is 2.51. The zero-order valence-electron chi connectivity index (χ0n) is 11.5. The summed E-state index contributed by atoms with van der Waals surface area (Å²) >= 11 is 0. The lowest BCUT2D eigenvalue weighted by molar-refractivity contribution is 0.165. The maximum Gasteiger partial charge on any atom is 0.118 e. The van der Waals surface area contributed by atoms with E-state index in [1.165, 1.54) is 25.7 Å². The molecule has 2 N–H and O–H groups in total. The number of benzene rings is 1. The fourth-order valence-electron chi connectivity index (χ4n) is 2.82. The summed E-state index contributed by atoms with van der Waals surface area (Å²) in [7, 11) is 1.66. The average molecular weight is 261 g/mol. The lowest BCUT2D eigenvalue weighted by Crippen LogP contribution is -2.36. The van der Waals surface area contributed by atoms with Crippen molar-refractivity contribution < 1.29 is 9.84 Å². The Balaban J connectivity index is 1.53. The molecule has 1 atom stereocenters. The van der Waals surface area contributed by atoms with E-state index in [2.05, 4.69) is 5.32 Å². The fourth-order valence-corrected chi connectivity index (χ4v) is 2.82. The number of aliphatic hydroxyl groups excluding tert-OH is 1. The molecule has 1 aromatic rings. The molecule has 2 fully saturated rings. The molecule has 0 aromatic heterocycles. The summed E-state index contributed by atoms with van der Waals surface area (Å²) in [4.78, 5) is 0. The second kappa shape index (κ2) is 5.51. The number of methoxy groups -OCH3 is 1. The van der Waals surface area contributed by atoms with Crippen LogP contribution in [0.25, 0.3) is 0 Å². The molecule has 2 aliphatic rings. The van der Waals surface area contributed by atoms with Crippen LogP contribution in [0.1, 0.15) is 37.4 Å². The molecule has 2 saturated carbocycles. The highest BCUT2D eigenvalue weighted by molar-refractivity contribution is 5.28. The molecule has 3 heteroatoms. The first-order valence-electron chi connectivity index (χ1n) is 7.33. The van der Waals surface area contributed by atoms with Gasteiger partial charge >= 0.3 is 0 Å². The molecule has 1 aromatic carbocycles. The summed E-state index contributed by atoms with van der Waals surface area (Å²) in [5, 5.41) is 13.8. The van der Waals surface area contributed by atoms with Crippen LogP contribution in [0.3, 0.4) is 0 Å². The Morgan fingerprint density at radius 1 is 1.16 bits per heavy atom. The van der Waals surface area contributed by atoms with Crippen molar-refractivity contribution in [3.63, 3.8) is 0 Å². The van der Waals surface area contributed by atoms with Crippen LogP contribution in [0.15, 0.2) is 24.3 Å². The monoisotopic (exact) mass is 261 g/mol. The van der Waals surface area contributed by atoms with Crippen molar-refractivity contribution >= 4 is 0 Å². The van der Waals surface area contributed by atoms with E-state index in [4.69, 9.17) is 4.74 Å². The van der Waals surface area contributed by atoms with Crippen LogP contribution in [0, 0.1) is 11.8 Å². The van der Waals surface area contributed by atoms with Crippen molar-refractivity contribution in [2.75, 3.05) is 13.7 Å². The highest BCUT2D eigenvalue weighted by Gasteiger charge is 2.41. The van der Waals surface area contributed by atoms with Crippen LogP contribution in [-0.2, 0) is 0 Å². The van der Waals surface area contributed by atoms with E-state index < -0.39 is 6.10 Å². The minimum absolute atomic E-state index is 0.425. The molecule has 0 amide bonds. The first-order chi connectivity index (χ1) is 9.28. The van der Waals surface area contributed by atoms with Gasteiger partial charge in [0, 0.05) is 12.6 Å². The smallest absolute Gasteiger partial charge is 0.118 e. The number of rotatable bonds is 7. The van der Waals surface area contributed by atoms with Gasteiger partial charge in [-0.25, -0.2) is 0 Å². The van der Waals surface area contributed by atoms with Gasteiger partial charge < -0.3 is 15.2 Å². The van der Waals surface area contributed by atoms with Gasteiger partial charge in [-0.15, -0.1) is 0 Å². The molecule has 1 unspecified atom stereocenters. The Morgan fingerprint density at radius 2 is 1.74 bits per heavy atom. The molecule has 0 bridgehead atoms. The molecular weight excluding hydrogens is 238 g/mol. The summed E-state index contributed by atoms with van der Waals surface area (Å²) < 4.78 is 5.13. The lowest BCUT2D eigenvalue weighted by atomic mass is 10.1. The predicted molar refractivity (Wildman–Crippen MR) is 75.2 cm³/mol. The van der Waals surface area contributed by atoms with Crippen LogP contribution in [0.2, 0.25) is 0 Å². The quantitative estimate of drug-likeness (QED) is 0.792. The summed E-state index contributed by atoms with van der Waals surface area (Å²) in [5.74, 6) is 2.57. The zero-order valence-corrected chi connectivity index (χ0v) is 11.5. The van der Waals surface area contributed by atoms with Crippen LogP contribution in [-0.4, -0.2) is 24.8 Å². The van der Waals surface area contributed by atoms with E-state index in [1.54, 1.807) is 7.11 Å². The van der Waals surface area contributed by atoms with Gasteiger partial charge in [-0.05, 0) is 55.2 Å². The van der Waals surface area contributed by atoms with Gasteiger partial charge in [0.1, 0.15) is 5.75 Å². The van der Waals surface area contributed by atoms with Crippen molar-refractivity contribution in [3.05, 3.63) is 29.8 Å². The minimum atomic E-state index is -0.425. The Labute approximate surface area is 115 Å². The third-order valence-electron chi connectivity index (χ3n) is 4.31. The van der Waals surface area contributed by atoms with Gasteiger partial charge in [0.15, 0.2) is 0 Å². The molecule has 0 radical (unpaired) electrons. The van der Waals surface area contributed by atoms with Crippen molar-refractivity contribution in [2.24, 2.45) is 11.8 Å². The van der Waals surface area contributed by atoms with Crippen LogP contribution in [0.5, 0.6) is 5.75 Å². The second-order valence-corrected chi connectivity index (χ2v) is 5.90. The Morgan fingerprint density at radius 3 is 2.21 bits per heavy atom. The van der Waals surface area contributed by atoms with Crippen LogP contribution in [0.4, 0.5) is 0 Å². The van der Waals surface area contributed by atoms with Gasteiger partial charge in [0.25, 0.3) is 0 Å². The van der Waals surface area contributed by atoms with Crippen molar-refractivity contribution in [1.29, 1.82) is 0 Å². The molecule has 0 saturated heterocycles.